The van der Waals surface area contributed by atoms with E-state index in [-0.39, 0.29) is 17.7 Å². The van der Waals surface area contributed by atoms with Gasteiger partial charge in [0.2, 0.25) is 0 Å². The molecule has 1 saturated carbocycles. The summed E-state index contributed by atoms with van der Waals surface area (Å²) in [5.41, 5.74) is 4.89. The second kappa shape index (κ2) is 13.1. The second-order valence-corrected chi connectivity index (χ2v) is 15.1. The van der Waals surface area contributed by atoms with Gasteiger partial charge in [-0.15, -0.1) is 0 Å². The van der Waals surface area contributed by atoms with Gasteiger partial charge in [-0.25, -0.2) is 4.79 Å². The van der Waals surface area contributed by atoms with Crippen molar-refractivity contribution < 1.29 is 14.4 Å². The van der Waals surface area contributed by atoms with Crippen molar-refractivity contribution in [1.82, 2.24) is 18.9 Å². The first-order valence-electron chi connectivity index (χ1n) is 18.9. The van der Waals surface area contributed by atoms with Crippen molar-refractivity contribution in [3.63, 3.8) is 0 Å². The number of hydrogen-bond acceptors (Lipinski definition) is 3. The molecule has 7 heteroatoms. The summed E-state index contributed by atoms with van der Waals surface area (Å²) in [4.78, 5) is 43.9. The maximum Gasteiger partial charge on any atom is 0.333 e. The van der Waals surface area contributed by atoms with Crippen molar-refractivity contribution in [2.24, 2.45) is 0 Å². The summed E-state index contributed by atoms with van der Waals surface area (Å²) in [6, 6.07) is 25.2. The Morgan fingerprint density at radius 2 is 1.09 bits per heavy atom. The van der Waals surface area contributed by atoms with Crippen LogP contribution in [0.4, 0.5) is 4.79 Å². The highest BCUT2D eigenvalue weighted by molar-refractivity contribution is 6.30. The number of urea groups is 1. The summed E-state index contributed by atoms with van der Waals surface area (Å²) in [5.74, 6) is -1.10. The number of aromatic nitrogens is 2. The highest BCUT2D eigenvalue weighted by Crippen LogP contribution is 2.40. The average molecular weight is 703 g/mol. The molecule has 268 valence electrons. The number of carbonyl (C=O) groups excluding carboxylic acids is 3. The number of hydrogen-bond donors (Lipinski definition) is 0. The van der Waals surface area contributed by atoms with Gasteiger partial charge < -0.3 is 9.13 Å². The van der Waals surface area contributed by atoms with Crippen LogP contribution in [-0.4, -0.2) is 49.9 Å². The molecule has 4 amide bonds. The monoisotopic (exact) mass is 702 g/mol. The molecule has 1 unspecified atom stereocenters. The molecule has 4 aromatic carbocycles. The van der Waals surface area contributed by atoms with E-state index in [9.17, 15) is 14.4 Å². The van der Waals surface area contributed by atoms with E-state index in [4.69, 9.17) is 0 Å². The molecular formula is C46H46N4O3. The molecule has 0 N–H and O–H groups in total. The molecule has 0 bridgehead atoms. The molecule has 8 rings (SSSR count). The number of carbonyl (C=O) groups is 3. The van der Waals surface area contributed by atoms with E-state index in [2.05, 4.69) is 134 Å². The number of allylic oxidation sites excluding steroid dienone is 5. The van der Waals surface area contributed by atoms with Crippen LogP contribution in [0.2, 0.25) is 0 Å². The molecule has 6 aromatic rings. The van der Waals surface area contributed by atoms with Crippen molar-refractivity contribution in [3.05, 3.63) is 118 Å². The van der Waals surface area contributed by atoms with Gasteiger partial charge in [0.25, 0.3) is 11.8 Å². The lowest BCUT2D eigenvalue weighted by Gasteiger charge is -2.35. The zero-order valence-corrected chi connectivity index (χ0v) is 31.6. The number of imide groups is 2. The zero-order valence-electron chi connectivity index (χ0n) is 31.6. The lowest BCUT2D eigenvalue weighted by atomic mass is 9.95. The normalized spacial score (nSPS) is 20.3. The van der Waals surface area contributed by atoms with Crippen LogP contribution in [0, 0.1) is 0 Å². The van der Waals surface area contributed by atoms with Crippen LogP contribution in [0.3, 0.4) is 0 Å². The predicted octanol–water partition coefficient (Wildman–Crippen LogP) is 8.93. The standard InChI is InChI=1S/C46H46N4O3/c1-8-29(6)50-37(35-18-10-14-31-16-12-20-39(50)42(31)35)26-24-33-22-21-32(40(33)43-44(51)47(7)46(53)49(28(4)5)45(43)52)23-25-36-34-17-9-13-30-15-11-19-38(41(30)34)48(36)27(2)3/h9-20,23-29H,8,21-22H2,1-7H3/b32-23+,33-24+,36-25+,37-26+,43-40+. The Kier molecular flexibility index (Phi) is 8.48. The first kappa shape index (κ1) is 34.4. The molecule has 7 nitrogen and oxygen atoms in total. The van der Waals surface area contributed by atoms with Crippen LogP contribution in [0.1, 0.15) is 72.9 Å². The van der Waals surface area contributed by atoms with Crippen LogP contribution in [0.25, 0.3) is 55.5 Å². The van der Waals surface area contributed by atoms with E-state index in [0.29, 0.717) is 18.4 Å². The van der Waals surface area contributed by atoms with E-state index >= 15 is 0 Å². The lowest BCUT2D eigenvalue weighted by molar-refractivity contribution is -0.136. The zero-order chi connectivity index (χ0) is 37.3. The molecule has 1 aliphatic heterocycles. The maximum absolute atomic E-state index is 14.3. The van der Waals surface area contributed by atoms with E-state index in [0.717, 1.165) is 38.6 Å². The van der Waals surface area contributed by atoms with Gasteiger partial charge in [0.05, 0.1) is 0 Å². The predicted molar refractivity (Wildman–Crippen MR) is 216 cm³/mol. The summed E-state index contributed by atoms with van der Waals surface area (Å²) in [7, 11) is 1.47. The Labute approximate surface area is 309 Å². The molecule has 3 heterocycles. The van der Waals surface area contributed by atoms with Crippen LogP contribution < -0.4 is 10.7 Å². The summed E-state index contributed by atoms with van der Waals surface area (Å²) >= 11 is 0. The first-order valence-corrected chi connectivity index (χ1v) is 18.9. The fraction of sp³-hybridized carbons (Fsp3) is 0.283. The van der Waals surface area contributed by atoms with Crippen molar-refractivity contribution in [1.29, 1.82) is 0 Å². The van der Waals surface area contributed by atoms with Gasteiger partial charge in [0.15, 0.2) is 0 Å². The number of amides is 4. The number of rotatable bonds is 6. The van der Waals surface area contributed by atoms with Gasteiger partial charge in [-0.3, -0.25) is 19.4 Å². The topological polar surface area (TPSA) is 67.6 Å². The third-order valence-electron chi connectivity index (χ3n) is 11.3. The third-order valence-corrected chi connectivity index (χ3v) is 11.3. The van der Waals surface area contributed by atoms with E-state index in [1.54, 1.807) is 13.8 Å². The summed E-state index contributed by atoms with van der Waals surface area (Å²) < 4.78 is 4.78. The molecule has 0 spiro atoms. The number of nitrogens with zero attached hydrogens (tertiary/aromatic N) is 4. The number of likely N-dealkylation sites (N-methyl/N-ethyl adjacent to an activating group) is 1. The second-order valence-electron chi connectivity index (χ2n) is 15.1. The van der Waals surface area contributed by atoms with Crippen molar-refractivity contribution in [2.75, 3.05) is 7.05 Å². The van der Waals surface area contributed by atoms with Crippen LogP contribution in [-0.2, 0) is 9.59 Å². The molecule has 0 radical (unpaired) electrons. The van der Waals surface area contributed by atoms with Gasteiger partial charge in [0, 0.05) is 68.4 Å². The molecule has 2 aliphatic rings. The van der Waals surface area contributed by atoms with Crippen LogP contribution in [0.15, 0.2) is 107 Å². The lowest BCUT2D eigenvalue weighted by Crippen LogP contribution is -2.57. The largest absolute Gasteiger partial charge is 0.338 e. The SMILES string of the molecule is CCC(C)n1/c(=C/C=C2\CCC(=C/C=c3\c4cccc5cccc(c54)n3C(C)C)\C2=C2\C(=O)N(C)C(=O)N(C(C)C)C2=O)c2cccc3cccc1c32. The highest BCUT2D eigenvalue weighted by Gasteiger charge is 2.44. The maximum atomic E-state index is 14.3. The van der Waals surface area contributed by atoms with Crippen molar-refractivity contribution in [3.8, 4) is 0 Å². The summed E-state index contributed by atoms with van der Waals surface area (Å²) in [6.07, 6.45) is 10.8. The third kappa shape index (κ3) is 5.27. The Hall–Kier alpha value is -5.69. The molecule has 1 saturated heterocycles. The minimum Gasteiger partial charge on any atom is -0.338 e. The number of benzene rings is 4. The van der Waals surface area contributed by atoms with Gasteiger partial charge >= 0.3 is 6.03 Å². The summed E-state index contributed by atoms with van der Waals surface area (Å²) in [6.45, 7) is 12.5. The van der Waals surface area contributed by atoms with E-state index < -0.39 is 23.9 Å². The van der Waals surface area contributed by atoms with Crippen LogP contribution >= 0.6 is 0 Å². The number of barbiturate groups is 1. The fourth-order valence-corrected chi connectivity index (χ4v) is 8.67. The minimum atomic E-state index is -0.594. The Morgan fingerprint density at radius 3 is 1.58 bits per heavy atom. The molecule has 1 aliphatic carbocycles. The van der Waals surface area contributed by atoms with Gasteiger partial charge in [-0.2, -0.15) is 0 Å². The Morgan fingerprint density at radius 1 is 0.604 bits per heavy atom. The molecule has 2 aromatic heterocycles. The average Bonchev–Trinajstić information content (AvgIpc) is 3.80. The molecule has 2 fully saturated rings. The van der Waals surface area contributed by atoms with Gasteiger partial charge in [-0.1, -0.05) is 79.7 Å². The first-order chi connectivity index (χ1) is 25.5. The van der Waals surface area contributed by atoms with Crippen molar-refractivity contribution >= 4 is 73.3 Å². The highest BCUT2D eigenvalue weighted by atomic mass is 16.2. The smallest absolute Gasteiger partial charge is 0.333 e. The molecular weight excluding hydrogens is 657 g/mol. The Bertz CT molecular complexity index is 2700. The Balaban J connectivity index is 1.40. The fourth-order valence-electron chi connectivity index (χ4n) is 8.67. The molecule has 53 heavy (non-hydrogen) atoms. The minimum absolute atomic E-state index is 0.0562. The van der Waals surface area contributed by atoms with E-state index in [1.165, 1.54) is 49.9 Å². The summed E-state index contributed by atoms with van der Waals surface area (Å²) in [5, 5.41) is 9.39. The van der Waals surface area contributed by atoms with Gasteiger partial charge in [-0.05, 0) is 106 Å². The quantitative estimate of drug-likeness (QED) is 0.129. The van der Waals surface area contributed by atoms with Crippen molar-refractivity contribution in [2.45, 2.75) is 78.9 Å². The van der Waals surface area contributed by atoms with Gasteiger partial charge in [0.1, 0.15) is 5.57 Å². The van der Waals surface area contributed by atoms with E-state index in [1.807, 2.05) is 0 Å². The van der Waals surface area contributed by atoms with Crippen LogP contribution in [0.5, 0.6) is 0 Å². The molecule has 1 atom stereocenters.